The zero-order valence-corrected chi connectivity index (χ0v) is 13.7. The first-order valence-corrected chi connectivity index (χ1v) is 10.4. The van der Waals surface area contributed by atoms with Gasteiger partial charge in [0, 0.05) is 28.6 Å². The summed E-state index contributed by atoms with van der Waals surface area (Å²) in [6.45, 7) is 2.00. The number of hydrogen-bond acceptors (Lipinski definition) is 4. The summed E-state index contributed by atoms with van der Waals surface area (Å²) >= 11 is 1.99. The number of hydrogen-bond donors (Lipinski definition) is 1. The number of thioether (sulfide) groups is 1. The Balaban J connectivity index is 1.49. The summed E-state index contributed by atoms with van der Waals surface area (Å²) in [6, 6.07) is 8.67. The quantitative estimate of drug-likeness (QED) is 0.925. The van der Waals surface area contributed by atoms with E-state index in [2.05, 4.69) is 29.6 Å². The first-order valence-electron chi connectivity index (χ1n) is 7.72. The molecule has 1 aromatic rings. The van der Waals surface area contributed by atoms with Crippen molar-refractivity contribution in [3.05, 3.63) is 29.8 Å². The minimum Gasteiger partial charge on any atom is -0.316 e. The Hall–Kier alpha value is -0.520. The Morgan fingerprint density at radius 1 is 1.29 bits per heavy atom. The van der Waals surface area contributed by atoms with Crippen molar-refractivity contribution in [2.45, 2.75) is 29.4 Å². The van der Waals surface area contributed by atoms with Crippen molar-refractivity contribution in [3.63, 3.8) is 0 Å². The lowest BCUT2D eigenvalue weighted by Gasteiger charge is -2.48. The van der Waals surface area contributed by atoms with Crippen LogP contribution in [-0.4, -0.2) is 38.3 Å². The molecule has 0 aliphatic carbocycles. The minimum absolute atomic E-state index is 0.225. The van der Waals surface area contributed by atoms with Gasteiger partial charge in [-0.05, 0) is 36.8 Å². The lowest BCUT2D eigenvalue weighted by Crippen LogP contribution is -2.59. The van der Waals surface area contributed by atoms with E-state index in [0.29, 0.717) is 22.7 Å². The number of benzene rings is 1. The normalized spacial score (nSPS) is 32.6. The smallest absolute Gasteiger partial charge is 0.150 e. The van der Waals surface area contributed by atoms with E-state index in [1.807, 2.05) is 11.8 Å². The second-order valence-electron chi connectivity index (χ2n) is 6.82. The molecule has 0 saturated carbocycles. The summed E-state index contributed by atoms with van der Waals surface area (Å²) in [5.74, 6) is 1.18. The molecule has 2 fully saturated rings. The molecule has 2 saturated heterocycles. The Morgan fingerprint density at radius 2 is 2.10 bits per heavy atom. The predicted molar refractivity (Wildman–Crippen MR) is 86.5 cm³/mol. The molecule has 3 aliphatic rings. The van der Waals surface area contributed by atoms with E-state index in [-0.39, 0.29) is 5.41 Å². The van der Waals surface area contributed by atoms with Gasteiger partial charge in [-0.1, -0.05) is 18.2 Å². The molecular weight excluding hydrogens is 302 g/mol. The van der Waals surface area contributed by atoms with Crippen LogP contribution in [0.15, 0.2) is 29.2 Å². The molecule has 1 N–H and O–H groups in total. The van der Waals surface area contributed by atoms with Crippen molar-refractivity contribution >= 4 is 21.6 Å². The zero-order chi connectivity index (χ0) is 14.5. The highest BCUT2D eigenvalue weighted by molar-refractivity contribution is 8.00. The zero-order valence-electron chi connectivity index (χ0n) is 12.0. The second kappa shape index (κ2) is 5.00. The van der Waals surface area contributed by atoms with E-state index in [9.17, 15) is 8.42 Å². The highest BCUT2D eigenvalue weighted by atomic mass is 32.2. The fraction of sp³-hybridized carbons (Fsp3) is 0.625. The number of sulfone groups is 1. The summed E-state index contributed by atoms with van der Waals surface area (Å²) in [7, 11) is -2.78. The number of nitrogens with one attached hydrogen (secondary N) is 1. The molecule has 0 bridgehead atoms. The molecule has 2 atom stereocenters. The van der Waals surface area contributed by atoms with Crippen LogP contribution < -0.4 is 5.32 Å². The first kappa shape index (κ1) is 14.1. The van der Waals surface area contributed by atoms with Gasteiger partial charge in [0.2, 0.25) is 0 Å². The minimum atomic E-state index is -2.78. The summed E-state index contributed by atoms with van der Waals surface area (Å²) < 4.78 is 23.6. The largest absolute Gasteiger partial charge is 0.316 e. The standard InChI is InChI=1S/C16H21NO2S2/c18-21(19)6-5-13(9-21)16(10-17-11-16)8-14-7-12-3-1-2-4-15(12)20-14/h1-4,13-14,17H,5-11H2. The van der Waals surface area contributed by atoms with E-state index in [1.165, 1.54) is 10.5 Å². The molecule has 4 rings (SSSR count). The molecule has 3 heterocycles. The SMILES string of the molecule is O=S1(=O)CCC(C2(CC3Cc4ccccc4S3)CNC2)C1. The van der Waals surface area contributed by atoms with Gasteiger partial charge in [0.05, 0.1) is 11.5 Å². The maximum atomic E-state index is 11.8. The van der Waals surface area contributed by atoms with Gasteiger partial charge in [0.25, 0.3) is 0 Å². The van der Waals surface area contributed by atoms with Crippen LogP contribution in [0.5, 0.6) is 0 Å². The van der Waals surface area contributed by atoms with Gasteiger partial charge in [-0.25, -0.2) is 8.42 Å². The van der Waals surface area contributed by atoms with Gasteiger partial charge in [0.15, 0.2) is 9.84 Å². The highest BCUT2D eigenvalue weighted by Crippen LogP contribution is 2.48. The molecule has 1 aromatic carbocycles. The summed E-state index contributed by atoms with van der Waals surface area (Å²) in [5, 5.41) is 4.02. The summed E-state index contributed by atoms with van der Waals surface area (Å²) in [4.78, 5) is 1.42. The molecule has 3 aliphatic heterocycles. The number of fused-ring (bicyclic) bond motifs is 1. The molecule has 3 nitrogen and oxygen atoms in total. The Kier molecular flexibility index (Phi) is 3.36. The van der Waals surface area contributed by atoms with Crippen LogP contribution >= 0.6 is 11.8 Å². The average Bonchev–Trinajstić information content (AvgIpc) is 2.96. The topological polar surface area (TPSA) is 46.2 Å². The van der Waals surface area contributed by atoms with Crippen LogP contribution in [0.2, 0.25) is 0 Å². The van der Waals surface area contributed by atoms with Crippen LogP contribution in [0.1, 0.15) is 18.4 Å². The highest BCUT2D eigenvalue weighted by Gasteiger charge is 2.49. The van der Waals surface area contributed by atoms with Gasteiger partial charge in [-0.2, -0.15) is 0 Å². The van der Waals surface area contributed by atoms with Crippen LogP contribution in [0.4, 0.5) is 0 Å². The Bertz CT molecular complexity index is 627. The van der Waals surface area contributed by atoms with Gasteiger partial charge < -0.3 is 5.32 Å². The van der Waals surface area contributed by atoms with Crippen LogP contribution in [-0.2, 0) is 16.3 Å². The van der Waals surface area contributed by atoms with Crippen molar-refractivity contribution in [1.29, 1.82) is 0 Å². The van der Waals surface area contributed by atoms with Gasteiger partial charge in [0.1, 0.15) is 0 Å². The van der Waals surface area contributed by atoms with Crippen molar-refractivity contribution < 1.29 is 8.42 Å². The van der Waals surface area contributed by atoms with E-state index < -0.39 is 9.84 Å². The fourth-order valence-corrected chi connectivity index (χ4v) is 7.59. The second-order valence-corrected chi connectivity index (χ2v) is 10.4. The molecular formula is C16H21NO2S2. The predicted octanol–water partition coefficient (Wildman–Crippen LogP) is 2.12. The van der Waals surface area contributed by atoms with Gasteiger partial charge in [-0.15, -0.1) is 11.8 Å². The van der Waals surface area contributed by atoms with Crippen LogP contribution in [0, 0.1) is 11.3 Å². The molecule has 0 spiro atoms. The summed E-state index contributed by atoms with van der Waals surface area (Å²) in [6.07, 6.45) is 3.16. The summed E-state index contributed by atoms with van der Waals surface area (Å²) in [5.41, 5.74) is 1.69. The molecule has 114 valence electrons. The molecule has 21 heavy (non-hydrogen) atoms. The van der Waals surface area contributed by atoms with Crippen LogP contribution in [0.25, 0.3) is 0 Å². The fourth-order valence-electron chi connectivity index (χ4n) is 4.14. The maximum Gasteiger partial charge on any atom is 0.150 e. The third-order valence-corrected chi connectivity index (χ3v) is 8.49. The lowest BCUT2D eigenvalue weighted by atomic mass is 9.67. The number of rotatable bonds is 3. The third-order valence-electron chi connectivity index (χ3n) is 5.40. The molecule has 0 radical (unpaired) electrons. The molecule has 2 unspecified atom stereocenters. The van der Waals surface area contributed by atoms with Crippen molar-refractivity contribution in [3.8, 4) is 0 Å². The van der Waals surface area contributed by atoms with E-state index in [4.69, 9.17) is 0 Å². The van der Waals surface area contributed by atoms with E-state index in [0.717, 1.165) is 32.4 Å². The maximum absolute atomic E-state index is 11.8. The lowest BCUT2D eigenvalue weighted by molar-refractivity contribution is 0.0805. The van der Waals surface area contributed by atoms with Crippen molar-refractivity contribution in [1.82, 2.24) is 5.32 Å². The van der Waals surface area contributed by atoms with Crippen molar-refractivity contribution in [2.75, 3.05) is 24.6 Å². The van der Waals surface area contributed by atoms with Gasteiger partial charge in [-0.3, -0.25) is 0 Å². The van der Waals surface area contributed by atoms with E-state index >= 15 is 0 Å². The molecule has 0 amide bonds. The average molecular weight is 323 g/mol. The van der Waals surface area contributed by atoms with E-state index in [1.54, 1.807) is 0 Å². The third kappa shape index (κ3) is 2.53. The Labute approximate surface area is 130 Å². The monoisotopic (exact) mass is 323 g/mol. The van der Waals surface area contributed by atoms with Crippen molar-refractivity contribution in [2.24, 2.45) is 11.3 Å². The first-order chi connectivity index (χ1) is 10.1. The van der Waals surface area contributed by atoms with Crippen LogP contribution in [0.3, 0.4) is 0 Å². The molecule has 5 heteroatoms. The van der Waals surface area contributed by atoms with Gasteiger partial charge >= 0.3 is 0 Å². The Morgan fingerprint density at radius 3 is 2.71 bits per heavy atom. The molecule has 0 aromatic heterocycles.